The topological polar surface area (TPSA) is 42.4 Å². The van der Waals surface area contributed by atoms with Gasteiger partial charge in [0.2, 0.25) is 5.91 Å². The monoisotopic (exact) mass is 328 g/mol. The molecule has 1 aliphatic heterocycles. The van der Waals surface area contributed by atoms with Crippen molar-refractivity contribution in [1.29, 1.82) is 0 Å². The molecule has 118 valence electrons. The molecule has 0 radical (unpaired) electrons. The van der Waals surface area contributed by atoms with E-state index in [1.807, 2.05) is 37.3 Å². The maximum atomic E-state index is 12.8. The molecular formula is C18H17ClN2O2. The van der Waals surface area contributed by atoms with Crippen molar-refractivity contribution in [3.05, 3.63) is 46.6 Å². The molecule has 23 heavy (non-hydrogen) atoms. The molecule has 1 aromatic carbocycles. The summed E-state index contributed by atoms with van der Waals surface area (Å²) >= 11 is 6.17. The zero-order valence-electron chi connectivity index (χ0n) is 12.9. The molecule has 2 aromatic rings. The second-order valence-corrected chi connectivity index (χ2v) is 6.47. The fourth-order valence-corrected chi connectivity index (χ4v) is 2.97. The SMILES string of the molecule is Cc1ccc(N(C(=O)C2CC2)c2ccc3c(c2)CCO3)nc1Cl. The van der Waals surface area contributed by atoms with Crippen molar-refractivity contribution >= 4 is 29.0 Å². The summed E-state index contributed by atoms with van der Waals surface area (Å²) in [4.78, 5) is 18.9. The summed E-state index contributed by atoms with van der Waals surface area (Å²) in [5.74, 6) is 1.68. The van der Waals surface area contributed by atoms with Gasteiger partial charge in [0.05, 0.1) is 12.3 Å². The third-order valence-electron chi connectivity index (χ3n) is 4.33. The van der Waals surface area contributed by atoms with Crippen LogP contribution in [-0.4, -0.2) is 17.5 Å². The highest BCUT2D eigenvalue weighted by Crippen LogP contribution is 2.38. The van der Waals surface area contributed by atoms with Crippen LogP contribution in [0.5, 0.6) is 5.75 Å². The van der Waals surface area contributed by atoms with Crippen molar-refractivity contribution in [2.24, 2.45) is 5.92 Å². The lowest BCUT2D eigenvalue weighted by atomic mass is 10.1. The Bertz CT molecular complexity index is 787. The Balaban J connectivity index is 1.78. The van der Waals surface area contributed by atoms with Crippen LogP contribution in [-0.2, 0) is 11.2 Å². The summed E-state index contributed by atoms with van der Waals surface area (Å²) in [7, 11) is 0. The number of halogens is 1. The summed E-state index contributed by atoms with van der Waals surface area (Å²) in [6.07, 6.45) is 2.77. The maximum Gasteiger partial charge on any atom is 0.235 e. The second-order valence-electron chi connectivity index (χ2n) is 6.12. The number of fused-ring (bicyclic) bond motifs is 1. The van der Waals surface area contributed by atoms with Crippen LogP contribution in [0.3, 0.4) is 0 Å². The number of carbonyl (C=O) groups is 1. The zero-order chi connectivity index (χ0) is 16.0. The van der Waals surface area contributed by atoms with E-state index in [9.17, 15) is 4.79 Å². The van der Waals surface area contributed by atoms with Gasteiger partial charge in [0, 0.05) is 12.3 Å². The predicted octanol–water partition coefficient (Wildman–Crippen LogP) is 4.05. The quantitative estimate of drug-likeness (QED) is 0.798. The van der Waals surface area contributed by atoms with Crippen molar-refractivity contribution in [1.82, 2.24) is 4.98 Å². The summed E-state index contributed by atoms with van der Waals surface area (Å²) in [5.41, 5.74) is 2.87. The molecule has 0 bridgehead atoms. The van der Waals surface area contributed by atoms with Gasteiger partial charge in [-0.3, -0.25) is 9.69 Å². The normalized spacial score (nSPS) is 15.9. The predicted molar refractivity (Wildman–Crippen MR) is 89.5 cm³/mol. The summed E-state index contributed by atoms with van der Waals surface area (Å²) in [6, 6.07) is 9.62. The molecule has 1 fully saturated rings. The molecule has 0 spiro atoms. The van der Waals surface area contributed by atoms with Crippen LogP contribution in [0.15, 0.2) is 30.3 Å². The molecule has 0 atom stereocenters. The standard InChI is InChI=1S/C18H17ClN2O2/c1-11-2-7-16(20-17(11)19)21(18(22)12-3-4-12)14-5-6-15-13(10-14)8-9-23-15/h2,5-7,10,12H,3-4,8-9H2,1H3. The average Bonchev–Trinajstić information content (AvgIpc) is 3.29. The lowest BCUT2D eigenvalue weighted by molar-refractivity contribution is -0.119. The molecule has 0 saturated heterocycles. The van der Waals surface area contributed by atoms with Gasteiger partial charge in [-0.1, -0.05) is 17.7 Å². The highest BCUT2D eigenvalue weighted by molar-refractivity contribution is 6.30. The number of benzene rings is 1. The zero-order valence-corrected chi connectivity index (χ0v) is 13.6. The molecular weight excluding hydrogens is 312 g/mol. The van der Waals surface area contributed by atoms with Crippen LogP contribution in [0, 0.1) is 12.8 Å². The van der Waals surface area contributed by atoms with E-state index < -0.39 is 0 Å². The van der Waals surface area contributed by atoms with E-state index in [2.05, 4.69) is 4.98 Å². The van der Waals surface area contributed by atoms with Gasteiger partial charge in [-0.15, -0.1) is 0 Å². The summed E-state index contributed by atoms with van der Waals surface area (Å²) in [6.45, 7) is 2.60. The lowest BCUT2D eigenvalue weighted by Crippen LogP contribution is -2.28. The first-order valence-corrected chi connectivity index (χ1v) is 8.24. The van der Waals surface area contributed by atoms with Crippen LogP contribution >= 0.6 is 11.6 Å². The van der Waals surface area contributed by atoms with E-state index in [4.69, 9.17) is 16.3 Å². The molecule has 2 aliphatic rings. The number of ether oxygens (including phenoxy) is 1. The molecule has 4 rings (SSSR count). The van der Waals surface area contributed by atoms with E-state index in [1.54, 1.807) is 4.90 Å². The number of aromatic nitrogens is 1. The Kier molecular flexibility index (Phi) is 3.49. The third-order valence-corrected chi connectivity index (χ3v) is 4.71. The smallest absolute Gasteiger partial charge is 0.235 e. The number of rotatable bonds is 3. The fraction of sp³-hybridized carbons (Fsp3) is 0.333. The summed E-state index contributed by atoms with van der Waals surface area (Å²) < 4.78 is 5.55. The Hall–Kier alpha value is -2.07. The molecule has 1 aliphatic carbocycles. The van der Waals surface area contributed by atoms with Gasteiger partial charge in [-0.05, 0) is 55.2 Å². The van der Waals surface area contributed by atoms with Crippen molar-refractivity contribution in [3.8, 4) is 5.75 Å². The minimum atomic E-state index is 0.0938. The number of hydrogen-bond donors (Lipinski definition) is 0. The molecule has 0 N–H and O–H groups in total. The van der Waals surface area contributed by atoms with Gasteiger partial charge < -0.3 is 4.74 Å². The number of anilines is 2. The van der Waals surface area contributed by atoms with Crippen molar-refractivity contribution in [3.63, 3.8) is 0 Å². The maximum absolute atomic E-state index is 12.8. The Morgan fingerprint density at radius 2 is 2.13 bits per heavy atom. The van der Waals surface area contributed by atoms with Gasteiger partial charge in [0.15, 0.2) is 0 Å². The van der Waals surface area contributed by atoms with E-state index in [1.165, 1.54) is 0 Å². The fourth-order valence-electron chi connectivity index (χ4n) is 2.82. The molecule has 1 amide bonds. The van der Waals surface area contributed by atoms with Gasteiger partial charge in [-0.2, -0.15) is 0 Å². The Labute approximate surface area is 140 Å². The molecule has 5 heteroatoms. The van der Waals surface area contributed by atoms with Crippen LogP contribution in [0.2, 0.25) is 5.15 Å². The lowest BCUT2D eigenvalue weighted by Gasteiger charge is -2.23. The number of hydrogen-bond acceptors (Lipinski definition) is 3. The highest BCUT2D eigenvalue weighted by atomic mass is 35.5. The highest BCUT2D eigenvalue weighted by Gasteiger charge is 2.35. The number of amides is 1. The molecule has 1 saturated carbocycles. The molecule has 0 unspecified atom stereocenters. The van der Waals surface area contributed by atoms with Crippen LogP contribution in [0.4, 0.5) is 11.5 Å². The van der Waals surface area contributed by atoms with E-state index in [-0.39, 0.29) is 11.8 Å². The number of aryl methyl sites for hydroxylation is 1. The van der Waals surface area contributed by atoms with Crippen molar-refractivity contribution in [2.45, 2.75) is 26.2 Å². The summed E-state index contributed by atoms with van der Waals surface area (Å²) in [5, 5.41) is 0.431. The number of pyridine rings is 1. The minimum Gasteiger partial charge on any atom is -0.493 e. The average molecular weight is 329 g/mol. The van der Waals surface area contributed by atoms with Gasteiger partial charge in [0.1, 0.15) is 16.7 Å². The Morgan fingerprint density at radius 3 is 2.87 bits per heavy atom. The van der Waals surface area contributed by atoms with Crippen LogP contribution in [0.25, 0.3) is 0 Å². The number of nitrogens with zero attached hydrogens (tertiary/aromatic N) is 2. The van der Waals surface area contributed by atoms with Crippen LogP contribution in [0.1, 0.15) is 24.0 Å². The minimum absolute atomic E-state index is 0.0938. The van der Waals surface area contributed by atoms with Gasteiger partial charge in [-0.25, -0.2) is 4.98 Å². The van der Waals surface area contributed by atoms with E-state index in [0.29, 0.717) is 17.6 Å². The Morgan fingerprint density at radius 1 is 1.30 bits per heavy atom. The first-order valence-electron chi connectivity index (χ1n) is 7.86. The van der Waals surface area contributed by atoms with Gasteiger partial charge >= 0.3 is 0 Å². The first-order chi connectivity index (χ1) is 11.1. The van der Waals surface area contributed by atoms with Crippen molar-refractivity contribution in [2.75, 3.05) is 11.5 Å². The molecule has 4 nitrogen and oxygen atoms in total. The number of carbonyl (C=O) groups excluding carboxylic acids is 1. The van der Waals surface area contributed by atoms with E-state index >= 15 is 0 Å². The molecule has 2 heterocycles. The second kappa shape index (κ2) is 5.53. The third kappa shape index (κ3) is 2.68. The van der Waals surface area contributed by atoms with E-state index in [0.717, 1.165) is 41.8 Å². The molecule has 1 aromatic heterocycles. The van der Waals surface area contributed by atoms with Crippen LogP contribution < -0.4 is 9.64 Å². The first kappa shape index (κ1) is 14.5. The van der Waals surface area contributed by atoms with Crippen molar-refractivity contribution < 1.29 is 9.53 Å². The largest absolute Gasteiger partial charge is 0.493 e. The van der Waals surface area contributed by atoms with Gasteiger partial charge in [0.25, 0.3) is 0 Å².